The van der Waals surface area contributed by atoms with Gasteiger partial charge in [0.2, 0.25) is 0 Å². The monoisotopic (exact) mass is 417 g/mol. The Morgan fingerprint density at radius 3 is 2.03 bits per heavy atom. The quantitative estimate of drug-likeness (QED) is 0.671. The van der Waals surface area contributed by atoms with Crippen LogP contribution < -0.4 is 15.5 Å². The molecule has 0 radical (unpaired) electrons. The first kappa shape index (κ1) is 22.4. The van der Waals surface area contributed by atoms with Crippen LogP contribution >= 0.6 is 0 Å². The zero-order valence-electron chi connectivity index (χ0n) is 17.0. The van der Waals surface area contributed by atoms with Crippen molar-refractivity contribution in [3.8, 4) is 0 Å². The molecular weight excluding hydrogens is 390 g/mol. The van der Waals surface area contributed by atoms with E-state index in [2.05, 4.69) is 10.6 Å². The minimum absolute atomic E-state index is 0.155. The molecule has 0 aliphatic heterocycles. The lowest BCUT2D eigenvalue weighted by Crippen LogP contribution is -2.44. The lowest BCUT2D eigenvalue weighted by molar-refractivity contribution is -0.139. The number of nitrogens with one attached hydrogen (secondary N) is 2. The number of sulfone groups is 1. The van der Waals surface area contributed by atoms with Gasteiger partial charge in [-0.15, -0.1) is 0 Å². The van der Waals surface area contributed by atoms with E-state index in [1.165, 1.54) is 12.1 Å². The Hall–Kier alpha value is -2.87. The molecule has 2 aromatic carbocycles. The average Bonchev–Trinajstić information content (AvgIpc) is 2.68. The van der Waals surface area contributed by atoms with Gasteiger partial charge in [-0.05, 0) is 43.7 Å². The van der Waals surface area contributed by atoms with E-state index in [4.69, 9.17) is 0 Å². The normalized spacial score (nSPS) is 12.3. The molecule has 0 aliphatic carbocycles. The Labute approximate surface area is 172 Å². The summed E-state index contributed by atoms with van der Waals surface area (Å²) in [4.78, 5) is 26.0. The molecule has 156 valence electrons. The Bertz CT molecular complexity index is 940. The van der Waals surface area contributed by atoms with Gasteiger partial charge >= 0.3 is 11.8 Å². The molecular formula is C21H27N3O4S. The molecule has 0 aromatic heterocycles. The molecule has 0 aliphatic rings. The zero-order chi connectivity index (χ0) is 21.6. The summed E-state index contributed by atoms with van der Waals surface area (Å²) in [5.41, 5.74) is 1.45. The fourth-order valence-electron chi connectivity index (χ4n) is 2.76. The second-order valence-electron chi connectivity index (χ2n) is 7.17. The lowest BCUT2D eigenvalue weighted by Gasteiger charge is -2.20. The molecule has 2 N–H and O–H groups in total. The fraction of sp³-hybridized carbons (Fsp3) is 0.333. The number of amides is 2. The summed E-state index contributed by atoms with van der Waals surface area (Å²) in [6, 6.07) is 14.9. The number of hydrogen-bond donors (Lipinski definition) is 2. The van der Waals surface area contributed by atoms with Gasteiger partial charge in [0.15, 0.2) is 9.84 Å². The van der Waals surface area contributed by atoms with Crippen molar-refractivity contribution < 1.29 is 18.0 Å². The van der Waals surface area contributed by atoms with Gasteiger partial charge < -0.3 is 15.5 Å². The van der Waals surface area contributed by atoms with Crippen LogP contribution in [0.5, 0.6) is 0 Å². The van der Waals surface area contributed by atoms with Crippen molar-refractivity contribution in [1.29, 1.82) is 0 Å². The van der Waals surface area contributed by atoms with E-state index in [9.17, 15) is 18.0 Å². The Balaban J connectivity index is 2.33. The lowest BCUT2D eigenvalue weighted by atomic mass is 10.1. The van der Waals surface area contributed by atoms with Crippen LogP contribution in [0.25, 0.3) is 0 Å². The van der Waals surface area contributed by atoms with E-state index in [1.807, 2.05) is 31.1 Å². The zero-order valence-corrected chi connectivity index (χ0v) is 17.9. The second kappa shape index (κ2) is 9.56. The second-order valence-corrected chi connectivity index (χ2v) is 9.30. The number of anilines is 1. The third-order valence-electron chi connectivity index (χ3n) is 4.30. The third-order valence-corrected chi connectivity index (χ3v) is 6.42. The predicted octanol–water partition coefficient (Wildman–Crippen LogP) is 1.91. The summed E-state index contributed by atoms with van der Waals surface area (Å²) in [6.45, 7) is 3.25. The Kier molecular flexibility index (Phi) is 7.39. The minimum Gasteiger partial charge on any atom is -0.378 e. The molecule has 0 fully saturated rings. The molecule has 0 spiro atoms. The van der Waals surface area contributed by atoms with Crippen molar-refractivity contribution >= 4 is 27.3 Å². The number of nitrogens with zero attached hydrogens (tertiary/aromatic N) is 1. The molecule has 0 heterocycles. The van der Waals surface area contributed by atoms with Crippen molar-refractivity contribution in [2.24, 2.45) is 0 Å². The molecule has 1 atom stereocenters. The van der Waals surface area contributed by atoms with E-state index < -0.39 is 26.9 Å². The van der Waals surface area contributed by atoms with Crippen LogP contribution in [0.3, 0.4) is 0 Å². The van der Waals surface area contributed by atoms with Gasteiger partial charge in [0.25, 0.3) is 0 Å². The highest BCUT2D eigenvalue weighted by molar-refractivity contribution is 7.91. The van der Waals surface area contributed by atoms with Crippen molar-refractivity contribution in [1.82, 2.24) is 10.6 Å². The van der Waals surface area contributed by atoms with Crippen molar-refractivity contribution in [3.05, 3.63) is 60.2 Å². The first-order valence-corrected chi connectivity index (χ1v) is 10.8. The number of benzene rings is 2. The molecule has 2 aromatic rings. The highest BCUT2D eigenvalue weighted by Crippen LogP contribution is 2.29. The molecule has 2 rings (SSSR count). The van der Waals surface area contributed by atoms with E-state index in [0.717, 1.165) is 5.69 Å². The Morgan fingerprint density at radius 2 is 1.52 bits per heavy atom. The summed E-state index contributed by atoms with van der Waals surface area (Å²) in [6.07, 6.45) is 0. The minimum atomic E-state index is -3.79. The van der Waals surface area contributed by atoms with Gasteiger partial charge in [0.1, 0.15) is 5.25 Å². The molecule has 8 heteroatoms. The predicted molar refractivity (Wildman–Crippen MR) is 113 cm³/mol. The van der Waals surface area contributed by atoms with Crippen LogP contribution in [0.1, 0.15) is 24.7 Å². The van der Waals surface area contributed by atoms with Crippen LogP contribution in [0.15, 0.2) is 59.5 Å². The molecule has 0 bridgehead atoms. The first-order chi connectivity index (χ1) is 13.6. The van der Waals surface area contributed by atoms with Gasteiger partial charge in [-0.1, -0.05) is 30.3 Å². The van der Waals surface area contributed by atoms with Gasteiger partial charge in [0, 0.05) is 32.4 Å². The standard InChI is InChI=1S/C21H27N3O4S/c1-15(2)23-21(26)20(25)22-14-19(16-10-12-17(13-11-16)24(3)4)29(27,28)18-8-6-5-7-9-18/h5-13,15,19H,14H2,1-4H3,(H,22,25)(H,23,26)/t19-/m1/s1. The maximum absolute atomic E-state index is 13.2. The smallest absolute Gasteiger partial charge is 0.309 e. The van der Waals surface area contributed by atoms with Crippen molar-refractivity contribution in [2.45, 2.75) is 30.0 Å². The van der Waals surface area contributed by atoms with Crippen LogP contribution in [0, 0.1) is 0 Å². The van der Waals surface area contributed by atoms with E-state index in [0.29, 0.717) is 5.56 Å². The van der Waals surface area contributed by atoms with Crippen LogP contribution in [-0.4, -0.2) is 46.9 Å². The Morgan fingerprint density at radius 1 is 0.931 bits per heavy atom. The van der Waals surface area contributed by atoms with E-state index in [-0.39, 0.29) is 17.5 Å². The molecule has 0 saturated heterocycles. The van der Waals surface area contributed by atoms with E-state index in [1.54, 1.807) is 44.2 Å². The molecule has 7 nitrogen and oxygen atoms in total. The topological polar surface area (TPSA) is 95.6 Å². The number of hydrogen-bond acceptors (Lipinski definition) is 5. The molecule has 0 unspecified atom stereocenters. The average molecular weight is 418 g/mol. The molecule has 2 amide bonds. The van der Waals surface area contributed by atoms with Gasteiger partial charge in [-0.2, -0.15) is 0 Å². The number of rotatable bonds is 7. The van der Waals surface area contributed by atoms with Gasteiger partial charge in [-0.3, -0.25) is 9.59 Å². The van der Waals surface area contributed by atoms with Gasteiger partial charge in [-0.25, -0.2) is 8.42 Å². The van der Waals surface area contributed by atoms with Crippen LogP contribution in [0.4, 0.5) is 5.69 Å². The van der Waals surface area contributed by atoms with Crippen LogP contribution in [-0.2, 0) is 19.4 Å². The summed E-state index contributed by atoms with van der Waals surface area (Å²) >= 11 is 0. The van der Waals surface area contributed by atoms with Gasteiger partial charge in [0.05, 0.1) is 4.90 Å². The van der Waals surface area contributed by atoms with Crippen LogP contribution in [0.2, 0.25) is 0 Å². The van der Waals surface area contributed by atoms with Crippen molar-refractivity contribution in [3.63, 3.8) is 0 Å². The highest BCUT2D eigenvalue weighted by atomic mass is 32.2. The number of carbonyl (C=O) groups excluding carboxylic acids is 2. The fourth-order valence-corrected chi connectivity index (χ4v) is 4.44. The molecule has 0 saturated carbocycles. The maximum atomic E-state index is 13.2. The third kappa shape index (κ3) is 5.80. The van der Waals surface area contributed by atoms with E-state index >= 15 is 0 Å². The highest BCUT2D eigenvalue weighted by Gasteiger charge is 2.30. The maximum Gasteiger partial charge on any atom is 0.309 e. The number of carbonyl (C=O) groups is 2. The summed E-state index contributed by atoms with van der Waals surface area (Å²) in [7, 11) is -0.0124. The largest absolute Gasteiger partial charge is 0.378 e. The van der Waals surface area contributed by atoms with Crippen molar-refractivity contribution in [2.75, 3.05) is 25.5 Å². The summed E-state index contributed by atoms with van der Waals surface area (Å²) in [5, 5.41) is 3.92. The SMILES string of the molecule is CC(C)NC(=O)C(=O)NC[C@H](c1ccc(N(C)C)cc1)S(=O)(=O)c1ccccc1. The summed E-state index contributed by atoms with van der Waals surface area (Å²) in [5.74, 6) is -1.66. The molecule has 29 heavy (non-hydrogen) atoms. The first-order valence-electron chi connectivity index (χ1n) is 9.28. The summed E-state index contributed by atoms with van der Waals surface area (Å²) < 4.78 is 26.5.